The third kappa shape index (κ3) is 3.22. The molecule has 3 heterocycles. The number of methoxy groups -OCH3 is 1. The number of rotatable bonds is 5. The third-order valence-corrected chi connectivity index (χ3v) is 5.08. The molecule has 2 aromatic heterocycles. The van der Waals surface area contributed by atoms with Crippen LogP contribution in [0.5, 0.6) is 5.75 Å². The van der Waals surface area contributed by atoms with E-state index in [-0.39, 0.29) is 17.6 Å². The first kappa shape index (κ1) is 16.4. The molecule has 134 valence electrons. The van der Waals surface area contributed by atoms with Crippen LogP contribution in [0.1, 0.15) is 17.0 Å². The first-order valence-corrected chi connectivity index (χ1v) is 8.51. The van der Waals surface area contributed by atoms with Gasteiger partial charge in [-0.1, -0.05) is 0 Å². The maximum Gasteiger partial charge on any atom is 0.291 e. The molecule has 0 bridgehead atoms. The van der Waals surface area contributed by atoms with Crippen LogP contribution in [-0.2, 0) is 4.79 Å². The number of ether oxygens (including phenoxy) is 1. The maximum absolute atomic E-state index is 12.5. The first-order valence-electron chi connectivity index (χ1n) is 8.51. The number of hydrogen-bond acceptors (Lipinski definition) is 6. The number of anilines is 1. The van der Waals surface area contributed by atoms with E-state index < -0.39 is 0 Å². The number of fused-ring (bicyclic) bond motifs is 1. The second-order valence-corrected chi connectivity index (χ2v) is 6.64. The minimum absolute atomic E-state index is 0.00577. The van der Waals surface area contributed by atoms with Crippen molar-refractivity contribution in [2.45, 2.75) is 6.42 Å². The number of carbonyl (C=O) groups excluding carboxylic acids is 2. The molecule has 3 atom stereocenters. The summed E-state index contributed by atoms with van der Waals surface area (Å²) in [6.07, 6.45) is 6.75. The molecule has 1 aliphatic carbocycles. The van der Waals surface area contributed by atoms with Crippen LogP contribution in [0, 0.1) is 17.8 Å². The predicted octanol–water partition coefficient (Wildman–Crippen LogP) is 1.23. The summed E-state index contributed by atoms with van der Waals surface area (Å²) in [5.41, 5.74) is 0.705. The molecule has 8 nitrogen and oxygen atoms in total. The molecule has 1 N–H and O–H groups in total. The van der Waals surface area contributed by atoms with Gasteiger partial charge in [-0.25, -0.2) is 9.97 Å². The molecule has 1 saturated carbocycles. The summed E-state index contributed by atoms with van der Waals surface area (Å²) >= 11 is 0. The molecule has 1 unspecified atom stereocenters. The van der Waals surface area contributed by atoms with E-state index in [1.54, 1.807) is 23.4 Å². The van der Waals surface area contributed by atoms with Gasteiger partial charge in [0, 0.05) is 25.7 Å². The Kier molecular flexibility index (Phi) is 4.24. The summed E-state index contributed by atoms with van der Waals surface area (Å²) in [5.74, 6) is 1.64. The van der Waals surface area contributed by atoms with E-state index >= 15 is 0 Å². The second-order valence-electron chi connectivity index (χ2n) is 6.64. The molecule has 2 aromatic rings. The Labute approximate surface area is 150 Å². The van der Waals surface area contributed by atoms with Gasteiger partial charge in [-0.2, -0.15) is 0 Å². The summed E-state index contributed by atoms with van der Waals surface area (Å²) in [4.78, 5) is 38.4. The number of likely N-dealkylation sites (tertiary alicyclic amines) is 1. The highest BCUT2D eigenvalue weighted by atomic mass is 16.5. The van der Waals surface area contributed by atoms with Crippen molar-refractivity contribution < 1.29 is 14.3 Å². The van der Waals surface area contributed by atoms with Gasteiger partial charge in [-0.15, -0.1) is 0 Å². The summed E-state index contributed by atoms with van der Waals surface area (Å²) in [7, 11) is 1.53. The lowest BCUT2D eigenvalue weighted by molar-refractivity contribution is -0.116. The third-order valence-electron chi connectivity index (χ3n) is 5.08. The van der Waals surface area contributed by atoms with Crippen LogP contribution in [0.25, 0.3) is 0 Å². The summed E-state index contributed by atoms with van der Waals surface area (Å²) in [6, 6.07) is 3.60. The Balaban J connectivity index is 1.28. The quantitative estimate of drug-likeness (QED) is 0.868. The summed E-state index contributed by atoms with van der Waals surface area (Å²) in [6.45, 7) is 1.31. The van der Waals surface area contributed by atoms with Crippen LogP contribution >= 0.6 is 0 Å². The monoisotopic (exact) mass is 353 g/mol. The van der Waals surface area contributed by atoms with Crippen molar-refractivity contribution in [2.24, 2.45) is 17.8 Å². The van der Waals surface area contributed by atoms with Crippen LogP contribution in [0.4, 0.5) is 5.69 Å². The zero-order chi connectivity index (χ0) is 18.1. The normalized spacial score (nSPS) is 23.3. The van der Waals surface area contributed by atoms with Crippen molar-refractivity contribution in [1.29, 1.82) is 0 Å². The molecule has 4 rings (SSSR count). The van der Waals surface area contributed by atoms with E-state index in [0.29, 0.717) is 48.7 Å². The predicted molar refractivity (Wildman–Crippen MR) is 92.4 cm³/mol. The number of nitrogens with one attached hydrogen (secondary N) is 1. The van der Waals surface area contributed by atoms with E-state index in [2.05, 4.69) is 20.3 Å². The number of amides is 2. The fraction of sp³-hybridized carbons (Fsp3) is 0.389. The van der Waals surface area contributed by atoms with E-state index in [1.807, 2.05) is 6.07 Å². The number of pyridine rings is 1. The lowest BCUT2D eigenvalue weighted by Crippen LogP contribution is -2.33. The number of nitrogens with zero attached hydrogens (tertiary/aromatic N) is 4. The van der Waals surface area contributed by atoms with Crippen LogP contribution in [0.2, 0.25) is 0 Å². The van der Waals surface area contributed by atoms with Crippen molar-refractivity contribution in [1.82, 2.24) is 19.9 Å². The lowest BCUT2D eigenvalue weighted by atomic mass is 10.2. The van der Waals surface area contributed by atoms with Crippen LogP contribution in [0.15, 0.2) is 36.9 Å². The SMILES string of the molecule is COc1cnc(C(=O)N2C[C@@H]3C(CC(=O)Nc4cccnc4)[C@@H]3C2)nc1. The van der Waals surface area contributed by atoms with Crippen LogP contribution in [0.3, 0.4) is 0 Å². The van der Waals surface area contributed by atoms with Gasteiger partial charge in [0.1, 0.15) is 0 Å². The van der Waals surface area contributed by atoms with Gasteiger partial charge in [0.15, 0.2) is 5.75 Å². The van der Waals surface area contributed by atoms with Gasteiger partial charge < -0.3 is 15.0 Å². The van der Waals surface area contributed by atoms with E-state index in [4.69, 9.17) is 4.74 Å². The first-order chi connectivity index (χ1) is 12.7. The smallest absolute Gasteiger partial charge is 0.291 e. The zero-order valence-corrected chi connectivity index (χ0v) is 14.3. The molecule has 0 aromatic carbocycles. The number of piperidine rings is 1. The van der Waals surface area contributed by atoms with Gasteiger partial charge in [0.05, 0.1) is 31.4 Å². The zero-order valence-electron chi connectivity index (χ0n) is 14.3. The van der Waals surface area contributed by atoms with Crippen molar-refractivity contribution in [3.63, 3.8) is 0 Å². The highest BCUT2D eigenvalue weighted by molar-refractivity contribution is 5.92. The fourth-order valence-electron chi connectivity index (χ4n) is 3.65. The van der Waals surface area contributed by atoms with Gasteiger partial charge in [-0.05, 0) is 29.9 Å². The molecule has 0 radical (unpaired) electrons. The molecular weight excluding hydrogens is 334 g/mol. The molecule has 2 fully saturated rings. The van der Waals surface area contributed by atoms with Crippen molar-refractivity contribution in [3.8, 4) is 5.75 Å². The minimum Gasteiger partial charge on any atom is -0.494 e. The van der Waals surface area contributed by atoms with Gasteiger partial charge in [0.25, 0.3) is 5.91 Å². The molecule has 2 amide bonds. The van der Waals surface area contributed by atoms with Crippen molar-refractivity contribution >= 4 is 17.5 Å². The molecular formula is C18H19N5O3. The maximum atomic E-state index is 12.5. The molecule has 1 saturated heterocycles. The Morgan fingerprint density at radius 2 is 1.96 bits per heavy atom. The van der Waals surface area contributed by atoms with Crippen molar-refractivity contribution in [2.75, 3.05) is 25.5 Å². The van der Waals surface area contributed by atoms with E-state index in [1.165, 1.54) is 19.5 Å². The minimum atomic E-state index is -0.168. The Morgan fingerprint density at radius 3 is 2.58 bits per heavy atom. The van der Waals surface area contributed by atoms with E-state index in [9.17, 15) is 9.59 Å². The summed E-state index contributed by atoms with van der Waals surface area (Å²) in [5, 5.41) is 2.86. The number of carbonyl (C=O) groups is 2. The van der Waals surface area contributed by atoms with Crippen LogP contribution in [-0.4, -0.2) is 51.9 Å². The molecule has 1 aliphatic heterocycles. The molecule has 26 heavy (non-hydrogen) atoms. The number of hydrogen-bond donors (Lipinski definition) is 1. The standard InChI is InChI=1S/C18H19N5O3/c1-26-12-7-20-17(21-8-12)18(25)23-9-14-13(15(14)10-23)5-16(24)22-11-3-2-4-19-6-11/h2-4,6-8,13-15H,5,9-10H2,1H3,(H,22,24)/t13?,14-,15+. The van der Waals surface area contributed by atoms with Gasteiger partial charge in [0.2, 0.25) is 11.7 Å². The average Bonchev–Trinajstić information content (AvgIpc) is 3.11. The Bertz CT molecular complexity index is 799. The average molecular weight is 353 g/mol. The summed E-state index contributed by atoms with van der Waals surface area (Å²) < 4.78 is 5.00. The highest BCUT2D eigenvalue weighted by Crippen LogP contribution is 2.53. The van der Waals surface area contributed by atoms with Crippen LogP contribution < -0.4 is 10.1 Å². The van der Waals surface area contributed by atoms with Crippen molar-refractivity contribution in [3.05, 3.63) is 42.7 Å². The highest BCUT2D eigenvalue weighted by Gasteiger charge is 2.57. The Hall–Kier alpha value is -3.03. The Morgan fingerprint density at radius 1 is 1.23 bits per heavy atom. The largest absolute Gasteiger partial charge is 0.494 e. The number of aromatic nitrogens is 3. The molecule has 8 heteroatoms. The molecule has 2 aliphatic rings. The van der Waals surface area contributed by atoms with E-state index in [0.717, 1.165) is 0 Å². The van der Waals surface area contributed by atoms with Gasteiger partial charge in [-0.3, -0.25) is 14.6 Å². The second kappa shape index (κ2) is 6.70. The lowest BCUT2D eigenvalue weighted by Gasteiger charge is -2.18. The topological polar surface area (TPSA) is 97.3 Å². The fourth-order valence-corrected chi connectivity index (χ4v) is 3.65. The van der Waals surface area contributed by atoms with Gasteiger partial charge >= 0.3 is 0 Å². The molecule has 0 spiro atoms.